The van der Waals surface area contributed by atoms with Gasteiger partial charge in [0.15, 0.2) is 0 Å². The average Bonchev–Trinajstić information content (AvgIpc) is 2.40. The van der Waals surface area contributed by atoms with E-state index in [-0.39, 0.29) is 5.91 Å². The number of rotatable bonds is 4. The van der Waals surface area contributed by atoms with E-state index in [1.165, 1.54) is 0 Å². The predicted octanol–water partition coefficient (Wildman–Crippen LogP) is 4.64. The lowest BCUT2D eigenvalue weighted by Gasteiger charge is -2.11. The van der Waals surface area contributed by atoms with Gasteiger partial charge < -0.3 is 10.1 Å². The zero-order valence-electron chi connectivity index (χ0n) is 10.8. The van der Waals surface area contributed by atoms with Crippen LogP contribution < -0.4 is 10.1 Å². The van der Waals surface area contributed by atoms with Crippen molar-refractivity contribution < 1.29 is 9.53 Å². The van der Waals surface area contributed by atoms with Crippen molar-refractivity contribution in [1.82, 2.24) is 0 Å². The second-order valence-electron chi connectivity index (χ2n) is 4.04. The van der Waals surface area contributed by atoms with Crippen molar-refractivity contribution >= 4 is 34.8 Å². The highest BCUT2D eigenvalue weighted by Crippen LogP contribution is 2.25. The first kappa shape index (κ1) is 14.7. The maximum Gasteiger partial charge on any atom is 0.255 e. The van der Waals surface area contributed by atoms with Crippen LogP contribution in [0.4, 0.5) is 5.69 Å². The molecule has 0 atom stereocenters. The molecule has 0 unspecified atom stereocenters. The number of anilines is 1. The maximum atomic E-state index is 12.2. The van der Waals surface area contributed by atoms with Gasteiger partial charge >= 0.3 is 0 Å². The van der Waals surface area contributed by atoms with Gasteiger partial charge in [-0.05, 0) is 37.3 Å². The first-order valence-corrected chi connectivity index (χ1v) is 6.85. The zero-order chi connectivity index (χ0) is 14.5. The molecule has 0 aliphatic heterocycles. The lowest BCUT2D eigenvalue weighted by molar-refractivity contribution is 0.102. The first-order valence-electron chi connectivity index (χ1n) is 6.09. The fourth-order valence-corrected chi connectivity index (χ4v) is 2.26. The molecule has 0 aliphatic rings. The first-order chi connectivity index (χ1) is 9.60. The number of nitrogens with one attached hydrogen (secondary N) is 1. The van der Waals surface area contributed by atoms with Gasteiger partial charge in [0.25, 0.3) is 5.91 Å². The molecule has 2 aromatic carbocycles. The van der Waals surface area contributed by atoms with Crippen molar-refractivity contribution in [3.8, 4) is 5.75 Å². The molecule has 5 heteroatoms. The zero-order valence-corrected chi connectivity index (χ0v) is 12.3. The van der Waals surface area contributed by atoms with Crippen LogP contribution in [-0.4, -0.2) is 12.5 Å². The molecule has 0 aromatic heterocycles. The van der Waals surface area contributed by atoms with Gasteiger partial charge in [0, 0.05) is 15.6 Å². The number of carbonyl (C=O) groups excluding carboxylic acids is 1. The van der Waals surface area contributed by atoms with E-state index >= 15 is 0 Å². The Labute approximate surface area is 127 Å². The Bertz CT molecular complexity index is 609. The molecule has 2 rings (SSSR count). The second kappa shape index (κ2) is 6.64. The third-order valence-corrected chi connectivity index (χ3v) is 3.00. The van der Waals surface area contributed by atoms with Gasteiger partial charge in [-0.3, -0.25) is 4.79 Å². The number of benzene rings is 2. The van der Waals surface area contributed by atoms with E-state index in [2.05, 4.69) is 5.32 Å². The highest BCUT2D eigenvalue weighted by Gasteiger charge is 2.11. The van der Waals surface area contributed by atoms with Crippen LogP contribution in [0.3, 0.4) is 0 Å². The van der Waals surface area contributed by atoms with Crippen LogP contribution in [0.1, 0.15) is 17.3 Å². The van der Waals surface area contributed by atoms with Crippen molar-refractivity contribution in [2.24, 2.45) is 0 Å². The SMILES string of the molecule is CCOc1ccccc1NC(=O)c1cc(Cl)cc(Cl)c1. The van der Waals surface area contributed by atoms with Gasteiger partial charge in [-0.1, -0.05) is 35.3 Å². The number of halogens is 2. The minimum absolute atomic E-state index is 0.290. The maximum absolute atomic E-state index is 12.2. The van der Waals surface area contributed by atoms with Gasteiger partial charge in [-0.15, -0.1) is 0 Å². The third kappa shape index (κ3) is 3.65. The van der Waals surface area contributed by atoms with Crippen molar-refractivity contribution in [3.05, 3.63) is 58.1 Å². The Morgan fingerprint density at radius 3 is 2.45 bits per heavy atom. The highest BCUT2D eigenvalue weighted by atomic mass is 35.5. The van der Waals surface area contributed by atoms with Crippen LogP contribution in [-0.2, 0) is 0 Å². The monoisotopic (exact) mass is 309 g/mol. The molecule has 0 radical (unpaired) electrons. The quantitative estimate of drug-likeness (QED) is 0.893. The molecule has 1 N–H and O–H groups in total. The Morgan fingerprint density at radius 1 is 1.15 bits per heavy atom. The van der Waals surface area contributed by atoms with Crippen LogP contribution in [0, 0.1) is 0 Å². The molecular formula is C15H13Cl2NO2. The molecule has 0 heterocycles. The molecule has 3 nitrogen and oxygen atoms in total. The molecule has 20 heavy (non-hydrogen) atoms. The van der Waals surface area contributed by atoms with Crippen molar-refractivity contribution in [1.29, 1.82) is 0 Å². The van der Waals surface area contributed by atoms with Gasteiger partial charge in [0.2, 0.25) is 0 Å². The van der Waals surface area contributed by atoms with Crippen LogP contribution in [0.2, 0.25) is 10.0 Å². The molecule has 0 bridgehead atoms. The summed E-state index contributed by atoms with van der Waals surface area (Å²) in [5, 5.41) is 3.62. The number of amides is 1. The van der Waals surface area contributed by atoms with Gasteiger partial charge in [-0.25, -0.2) is 0 Å². The predicted molar refractivity (Wildman–Crippen MR) is 82.0 cm³/mol. The summed E-state index contributed by atoms with van der Waals surface area (Å²) in [6.45, 7) is 2.41. The summed E-state index contributed by atoms with van der Waals surface area (Å²) in [5.74, 6) is 0.332. The average molecular weight is 310 g/mol. The van der Waals surface area contributed by atoms with Gasteiger partial charge in [0.1, 0.15) is 5.75 Å². The number of hydrogen-bond donors (Lipinski definition) is 1. The van der Waals surface area contributed by atoms with E-state index in [0.717, 1.165) is 0 Å². The lowest BCUT2D eigenvalue weighted by atomic mass is 10.2. The molecule has 1 amide bonds. The topological polar surface area (TPSA) is 38.3 Å². The number of carbonyl (C=O) groups is 1. The van der Waals surface area contributed by atoms with Gasteiger partial charge in [0.05, 0.1) is 12.3 Å². The number of ether oxygens (including phenoxy) is 1. The Kier molecular flexibility index (Phi) is 4.88. The van der Waals surface area contributed by atoms with E-state index in [1.54, 1.807) is 30.3 Å². The third-order valence-electron chi connectivity index (χ3n) is 2.56. The van der Waals surface area contributed by atoms with E-state index in [9.17, 15) is 4.79 Å². The molecule has 0 saturated heterocycles. The smallest absolute Gasteiger partial charge is 0.255 e. The molecule has 0 fully saturated rings. The molecule has 0 aliphatic carbocycles. The van der Waals surface area contributed by atoms with Gasteiger partial charge in [-0.2, -0.15) is 0 Å². The normalized spacial score (nSPS) is 10.2. The molecule has 104 valence electrons. The Morgan fingerprint density at radius 2 is 1.80 bits per heavy atom. The minimum atomic E-state index is -0.290. The fourth-order valence-electron chi connectivity index (χ4n) is 1.73. The molecule has 2 aromatic rings. The summed E-state index contributed by atoms with van der Waals surface area (Å²) < 4.78 is 5.45. The van der Waals surface area contributed by atoms with Crippen molar-refractivity contribution in [2.75, 3.05) is 11.9 Å². The summed E-state index contributed by atoms with van der Waals surface area (Å²) in [6.07, 6.45) is 0. The van der Waals surface area contributed by atoms with Crippen molar-refractivity contribution in [2.45, 2.75) is 6.92 Å². The van der Waals surface area contributed by atoms with Crippen LogP contribution >= 0.6 is 23.2 Å². The summed E-state index contributed by atoms with van der Waals surface area (Å²) >= 11 is 11.8. The number of hydrogen-bond acceptors (Lipinski definition) is 2. The van der Waals surface area contributed by atoms with E-state index < -0.39 is 0 Å². The van der Waals surface area contributed by atoms with Crippen molar-refractivity contribution in [3.63, 3.8) is 0 Å². The standard InChI is InChI=1S/C15H13Cl2NO2/c1-2-20-14-6-4-3-5-13(14)18-15(19)10-7-11(16)9-12(17)8-10/h3-9H,2H2,1H3,(H,18,19). The summed E-state index contributed by atoms with van der Waals surface area (Å²) in [7, 11) is 0. The van der Waals surface area contributed by atoms with E-state index in [4.69, 9.17) is 27.9 Å². The fraction of sp³-hybridized carbons (Fsp3) is 0.133. The Balaban J connectivity index is 2.23. The molecule has 0 saturated carbocycles. The van der Waals surface area contributed by atoms with E-state index in [0.29, 0.717) is 33.7 Å². The van der Waals surface area contributed by atoms with E-state index in [1.807, 2.05) is 19.1 Å². The van der Waals surface area contributed by atoms with Crippen LogP contribution in [0.25, 0.3) is 0 Å². The van der Waals surface area contributed by atoms with Crippen LogP contribution in [0.5, 0.6) is 5.75 Å². The number of para-hydroxylation sites is 2. The van der Waals surface area contributed by atoms with Crippen LogP contribution in [0.15, 0.2) is 42.5 Å². The largest absolute Gasteiger partial charge is 0.492 e. The summed E-state index contributed by atoms with van der Waals surface area (Å²) in [4.78, 5) is 12.2. The minimum Gasteiger partial charge on any atom is -0.492 e. The summed E-state index contributed by atoms with van der Waals surface area (Å²) in [5.41, 5.74) is 1.00. The molecular weight excluding hydrogens is 297 g/mol. The molecule has 0 spiro atoms. The Hall–Kier alpha value is -1.71. The highest BCUT2D eigenvalue weighted by molar-refractivity contribution is 6.35. The second-order valence-corrected chi connectivity index (χ2v) is 4.91. The summed E-state index contributed by atoms with van der Waals surface area (Å²) in [6, 6.07) is 11.9. The lowest BCUT2D eigenvalue weighted by Crippen LogP contribution is -2.13.